The largest absolute Gasteiger partial charge is 0.381 e. The van der Waals surface area contributed by atoms with Gasteiger partial charge in [-0.25, -0.2) is 4.98 Å². The lowest BCUT2D eigenvalue weighted by atomic mass is 9.93. The number of nitrogens with zero attached hydrogens (tertiary/aromatic N) is 2. The lowest BCUT2D eigenvalue weighted by Gasteiger charge is -2.23. The first-order chi connectivity index (χ1) is 7.86. The van der Waals surface area contributed by atoms with E-state index in [4.69, 9.17) is 9.72 Å². The highest BCUT2D eigenvalue weighted by Crippen LogP contribution is 2.33. The standard InChI is InChI=1S/C12H17BrN2O/c13-12-14-11(9-4-7-16-8-5-9)10-3-1-2-6-15(10)12/h9H,1-8H2. The molecule has 0 amide bonds. The van der Waals surface area contributed by atoms with E-state index < -0.39 is 0 Å². The average molecular weight is 285 g/mol. The van der Waals surface area contributed by atoms with Gasteiger partial charge in [0.05, 0.1) is 5.69 Å². The molecule has 2 aliphatic heterocycles. The zero-order valence-electron chi connectivity index (χ0n) is 9.41. The number of rotatable bonds is 1. The van der Waals surface area contributed by atoms with E-state index in [1.54, 1.807) is 0 Å². The molecule has 0 atom stereocenters. The Hall–Kier alpha value is -0.350. The Kier molecular flexibility index (Phi) is 3.03. The van der Waals surface area contributed by atoms with Crippen LogP contribution in [0, 0.1) is 0 Å². The SMILES string of the molecule is Brc1nc(C2CCOCC2)c2n1CCCC2. The van der Waals surface area contributed by atoms with E-state index in [0.29, 0.717) is 5.92 Å². The summed E-state index contributed by atoms with van der Waals surface area (Å²) in [6.45, 7) is 2.93. The van der Waals surface area contributed by atoms with Crippen molar-refractivity contribution in [3.63, 3.8) is 0 Å². The van der Waals surface area contributed by atoms with Crippen LogP contribution in [-0.2, 0) is 17.7 Å². The molecule has 0 saturated carbocycles. The summed E-state index contributed by atoms with van der Waals surface area (Å²) in [4.78, 5) is 4.74. The van der Waals surface area contributed by atoms with E-state index in [9.17, 15) is 0 Å². The van der Waals surface area contributed by atoms with Crippen LogP contribution in [0.15, 0.2) is 4.73 Å². The third-order valence-corrected chi connectivity index (χ3v) is 4.32. The molecule has 4 heteroatoms. The molecule has 0 aliphatic carbocycles. The Bertz CT molecular complexity index is 383. The average Bonchev–Trinajstić information content (AvgIpc) is 2.69. The molecule has 16 heavy (non-hydrogen) atoms. The first-order valence-corrected chi connectivity index (χ1v) is 6.98. The minimum absolute atomic E-state index is 0.624. The minimum atomic E-state index is 0.624. The van der Waals surface area contributed by atoms with Gasteiger partial charge in [0.1, 0.15) is 0 Å². The van der Waals surface area contributed by atoms with Crippen LogP contribution in [0.3, 0.4) is 0 Å². The van der Waals surface area contributed by atoms with Gasteiger partial charge in [-0.15, -0.1) is 0 Å². The van der Waals surface area contributed by atoms with Crippen LogP contribution in [-0.4, -0.2) is 22.8 Å². The molecular weight excluding hydrogens is 268 g/mol. The Morgan fingerprint density at radius 3 is 2.88 bits per heavy atom. The van der Waals surface area contributed by atoms with E-state index in [1.165, 1.54) is 30.7 Å². The quantitative estimate of drug-likeness (QED) is 0.793. The molecule has 0 spiro atoms. The number of fused-ring (bicyclic) bond motifs is 1. The summed E-state index contributed by atoms with van der Waals surface area (Å²) in [5.74, 6) is 0.624. The summed E-state index contributed by atoms with van der Waals surface area (Å²) in [6, 6.07) is 0. The van der Waals surface area contributed by atoms with E-state index in [0.717, 1.165) is 37.3 Å². The highest BCUT2D eigenvalue weighted by atomic mass is 79.9. The van der Waals surface area contributed by atoms with Crippen molar-refractivity contribution in [2.75, 3.05) is 13.2 Å². The van der Waals surface area contributed by atoms with Gasteiger partial charge in [0, 0.05) is 31.4 Å². The highest BCUT2D eigenvalue weighted by molar-refractivity contribution is 9.10. The van der Waals surface area contributed by atoms with Crippen molar-refractivity contribution >= 4 is 15.9 Å². The molecular formula is C12H17BrN2O. The summed E-state index contributed by atoms with van der Waals surface area (Å²) in [5, 5.41) is 0. The molecule has 3 nitrogen and oxygen atoms in total. The van der Waals surface area contributed by atoms with Crippen molar-refractivity contribution in [3.05, 3.63) is 16.1 Å². The van der Waals surface area contributed by atoms with Crippen LogP contribution in [0.25, 0.3) is 0 Å². The fraction of sp³-hybridized carbons (Fsp3) is 0.750. The molecule has 0 N–H and O–H groups in total. The van der Waals surface area contributed by atoms with Gasteiger partial charge in [-0.3, -0.25) is 0 Å². The Morgan fingerprint density at radius 2 is 2.06 bits per heavy atom. The number of ether oxygens (including phenoxy) is 1. The molecule has 0 bridgehead atoms. The summed E-state index contributed by atoms with van der Waals surface area (Å²) in [5.41, 5.74) is 2.82. The minimum Gasteiger partial charge on any atom is -0.381 e. The molecule has 1 aromatic heterocycles. The van der Waals surface area contributed by atoms with Gasteiger partial charge in [-0.05, 0) is 48.0 Å². The molecule has 3 heterocycles. The number of hydrogen-bond donors (Lipinski definition) is 0. The van der Waals surface area contributed by atoms with E-state index in [1.807, 2.05) is 0 Å². The predicted octanol–water partition coefficient (Wildman–Crippen LogP) is 2.88. The van der Waals surface area contributed by atoms with Crippen LogP contribution >= 0.6 is 15.9 Å². The zero-order chi connectivity index (χ0) is 11.0. The van der Waals surface area contributed by atoms with Crippen molar-refractivity contribution in [3.8, 4) is 0 Å². The van der Waals surface area contributed by atoms with Crippen LogP contribution in [0.5, 0.6) is 0 Å². The van der Waals surface area contributed by atoms with Gasteiger partial charge in [0.15, 0.2) is 4.73 Å². The lowest BCUT2D eigenvalue weighted by Crippen LogP contribution is -2.17. The highest BCUT2D eigenvalue weighted by Gasteiger charge is 2.25. The van der Waals surface area contributed by atoms with Crippen molar-refractivity contribution < 1.29 is 4.74 Å². The summed E-state index contributed by atoms with van der Waals surface area (Å²) in [7, 11) is 0. The topological polar surface area (TPSA) is 27.1 Å². The fourth-order valence-electron chi connectivity index (χ4n) is 2.82. The van der Waals surface area contributed by atoms with Gasteiger partial charge in [0.2, 0.25) is 0 Å². The molecule has 0 unspecified atom stereocenters. The predicted molar refractivity (Wildman–Crippen MR) is 65.7 cm³/mol. The normalized spacial score (nSPS) is 22.1. The van der Waals surface area contributed by atoms with Gasteiger partial charge in [-0.2, -0.15) is 0 Å². The maximum absolute atomic E-state index is 5.43. The van der Waals surface area contributed by atoms with Crippen molar-refractivity contribution in [1.29, 1.82) is 0 Å². The number of aromatic nitrogens is 2. The Morgan fingerprint density at radius 1 is 1.25 bits per heavy atom. The van der Waals surface area contributed by atoms with Crippen molar-refractivity contribution in [2.45, 2.75) is 44.6 Å². The third kappa shape index (κ3) is 1.82. The monoisotopic (exact) mass is 284 g/mol. The molecule has 0 aromatic carbocycles. The maximum atomic E-state index is 5.43. The molecule has 2 aliphatic rings. The maximum Gasteiger partial charge on any atom is 0.177 e. The van der Waals surface area contributed by atoms with Crippen molar-refractivity contribution in [2.24, 2.45) is 0 Å². The Labute approximate surface area is 104 Å². The fourth-order valence-corrected chi connectivity index (χ4v) is 3.41. The number of imidazole rings is 1. The lowest BCUT2D eigenvalue weighted by molar-refractivity contribution is 0.0843. The first kappa shape index (κ1) is 10.8. The third-order valence-electron chi connectivity index (χ3n) is 3.71. The van der Waals surface area contributed by atoms with Crippen LogP contribution < -0.4 is 0 Å². The molecule has 88 valence electrons. The zero-order valence-corrected chi connectivity index (χ0v) is 11.0. The molecule has 1 fully saturated rings. The summed E-state index contributed by atoms with van der Waals surface area (Å²) in [6.07, 6.45) is 6.07. The van der Waals surface area contributed by atoms with Crippen LogP contribution in [0.2, 0.25) is 0 Å². The number of halogens is 1. The summed E-state index contributed by atoms with van der Waals surface area (Å²) < 4.78 is 8.81. The van der Waals surface area contributed by atoms with Gasteiger partial charge in [0.25, 0.3) is 0 Å². The van der Waals surface area contributed by atoms with Gasteiger partial charge >= 0.3 is 0 Å². The van der Waals surface area contributed by atoms with E-state index in [2.05, 4.69) is 20.5 Å². The molecule has 1 saturated heterocycles. The Balaban J connectivity index is 1.93. The van der Waals surface area contributed by atoms with E-state index >= 15 is 0 Å². The van der Waals surface area contributed by atoms with Gasteiger partial charge in [-0.1, -0.05) is 0 Å². The first-order valence-electron chi connectivity index (χ1n) is 6.19. The smallest absolute Gasteiger partial charge is 0.177 e. The van der Waals surface area contributed by atoms with E-state index in [-0.39, 0.29) is 0 Å². The van der Waals surface area contributed by atoms with Gasteiger partial charge < -0.3 is 9.30 Å². The number of hydrogen-bond acceptors (Lipinski definition) is 2. The van der Waals surface area contributed by atoms with Crippen molar-refractivity contribution in [1.82, 2.24) is 9.55 Å². The second kappa shape index (κ2) is 4.49. The molecule has 0 radical (unpaired) electrons. The second-order valence-corrected chi connectivity index (χ2v) is 5.42. The van der Waals surface area contributed by atoms with Crippen LogP contribution in [0.1, 0.15) is 43.0 Å². The van der Waals surface area contributed by atoms with Crippen LogP contribution in [0.4, 0.5) is 0 Å². The summed E-state index contributed by atoms with van der Waals surface area (Å²) >= 11 is 3.59. The second-order valence-electron chi connectivity index (χ2n) is 4.71. The molecule has 3 rings (SSSR count). The molecule has 1 aromatic rings.